The molecule has 0 aromatic heterocycles. The van der Waals surface area contributed by atoms with Gasteiger partial charge in [-0.3, -0.25) is 0 Å². The first kappa shape index (κ1) is 14.7. The van der Waals surface area contributed by atoms with E-state index in [1.54, 1.807) is 0 Å². The third-order valence-corrected chi connectivity index (χ3v) is 4.86. The average Bonchev–Trinajstić information content (AvgIpc) is 2.43. The molecule has 0 aliphatic carbocycles. The fourth-order valence-corrected chi connectivity index (χ4v) is 3.13. The van der Waals surface area contributed by atoms with Crippen molar-refractivity contribution in [3.05, 3.63) is 28.8 Å². The molecule has 1 aliphatic heterocycles. The van der Waals surface area contributed by atoms with Crippen molar-refractivity contribution in [3.63, 3.8) is 0 Å². The Morgan fingerprint density at radius 1 is 1.37 bits per heavy atom. The highest BCUT2D eigenvalue weighted by atomic mass is 35.5. The van der Waals surface area contributed by atoms with Gasteiger partial charge in [0.15, 0.2) is 0 Å². The van der Waals surface area contributed by atoms with Crippen LogP contribution < -0.4 is 10.2 Å². The SMILES string of the molecule is CCC1(CC)CN(c2cc(C)ccc2Cl)C(C)CN1. The Balaban J connectivity index is 2.33. The molecule has 1 saturated heterocycles. The molecule has 1 aromatic carbocycles. The molecule has 1 heterocycles. The molecule has 1 unspecified atom stereocenters. The predicted octanol–water partition coefficient (Wildman–Crippen LogP) is 4.01. The Bertz CT molecular complexity index is 440. The minimum absolute atomic E-state index is 0.222. The molecular weight excluding hydrogens is 256 g/mol. The van der Waals surface area contributed by atoms with Gasteiger partial charge in [0.05, 0.1) is 10.7 Å². The van der Waals surface area contributed by atoms with Gasteiger partial charge >= 0.3 is 0 Å². The lowest BCUT2D eigenvalue weighted by atomic mass is 9.88. The van der Waals surface area contributed by atoms with Gasteiger partial charge in [0.1, 0.15) is 0 Å². The zero-order chi connectivity index (χ0) is 14.0. The van der Waals surface area contributed by atoms with Gasteiger partial charge in [-0.2, -0.15) is 0 Å². The van der Waals surface area contributed by atoms with E-state index in [1.165, 1.54) is 11.3 Å². The van der Waals surface area contributed by atoms with Gasteiger partial charge in [-0.05, 0) is 44.4 Å². The quantitative estimate of drug-likeness (QED) is 0.900. The van der Waals surface area contributed by atoms with Crippen molar-refractivity contribution < 1.29 is 0 Å². The number of anilines is 1. The fourth-order valence-electron chi connectivity index (χ4n) is 2.90. The van der Waals surface area contributed by atoms with Gasteiger partial charge in [0, 0.05) is 24.7 Å². The topological polar surface area (TPSA) is 15.3 Å². The van der Waals surface area contributed by atoms with Crippen molar-refractivity contribution in [2.24, 2.45) is 0 Å². The minimum atomic E-state index is 0.222. The summed E-state index contributed by atoms with van der Waals surface area (Å²) in [5.41, 5.74) is 2.67. The van der Waals surface area contributed by atoms with E-state index in [2.05, 4.69) is 50.0 Å². The first-order valence-corrected chi connectivity index (χ1v) is 7.67. The van der Waals surface area contributed by atoms with Crippen molar-refractivity contribution in [1.82, 2.24) is 5.32 Å². The second-order valence-corrected chi connectivity index (χ2v) is 6.21. The molecule has 0 bridgehead atoms. The maximum Gasteiger partial charge on any atom is 0.0639 e. The van der Waals surface area contributed by atoms with E-state index in [-0.39, 0.29) is 5.54 Å². The molecule has 1 fully saturated rings. The molecule has 1 aliphatic rings. The van der Waals surface area contributed by atoms with Crippen molar-refractivity contribution in [1.29, 1.82) is 0 Å². The highest BCUT2D eigenvalue weighted by molar-refractivity contribution is 6.33. The van der Waals surface area contributed by atoms with Crippen LogP contribution in [-0.4, -0.2) is 24.7 Å². The summed E-state index contributed by atoms with van der Waals surface area (Å²) in [6.45, 7) is 11.0. The van der Waals surface area contributed by atoms with Gasteiger partial charge in [-0.15, -0.1) is 0 Å². The molecule has 19 heavy (non-hydrogen) atoms. The lowest BCUT2D eigenvalue weighted by Gasteiger charge is -2.48. The first-order chi connectivity index (χ1) is 9.01. The monoisotopic (exact) mass is 280 g/mol. The molecular formula is C16H25ClN2. The summed E-state index contributed by atoms with van der Waals surface area (Å²) in [6, 6.07) is 6.78. The van der Waals surface area contributed by atoms with Crippen LogP contribution in [0.3, 0.4) is 0 Å². The van der Waals surface area contributed by atoms with Crippen LogP contribution in [0.5, 0.6) is 0 Å². The fraction of sp³-hybridized carbons (Fsp3) is 0.625. The first-order valence-electron chi connectivity index (χ1n) is 7.29. The summed E-state index contributed by atoms with van der Waals surface area (Å²) in [5, 5.41) is 4.59. The van der Waals surface area contributed by atoms with Crippen LogP contribution in [-0.2, 0) is 0 Å². The number of halogens is 1. The molecule has 0 saturated carbocycles. The molecule has 0 radical (unpaired) electrons. The molecule has 106 valence electrons. The maximum absolute atomic E-state index is 6.41. The van der Waals surface area contributed by atoms with Crippen LogP contribution in [0.4, 0.5) is 5.69 Å². The Morgan fingerprint density at radius 2 is 2.05 bits per heavy atom. The summed E-state index contributed by atoms with van der Waals surface area (Å²) >= 11 is 6.41. The van der Waals surface area contributed by atoms with Crippen LogP contribution in [0.1, 0.15) is 39.2 Å². The standard InChI is InChI=1S/C16H25ClN2/c1-5-16(6-2)11-19(13(4)10-18-16)15-9-12(3)7-8-14(15)17/h7-9,13,18H,5-6,10-11H2,1-4H3. The normalized spacial score (nSPS) is 22.6. The summed E-state index contributed by atoms with van der Waals surface area (Å²) in [4.78, 5) is 2.47. The van der Waals surface area contributed by atoms with E-state index < -0.39 is 0 Å². The summed E-state index contributed by atoms with van der Waals surface area (Å²) in [7, 11) is 0. The van der Waals surface area contributed by atoms with Gasteiger partial charge in [0.25, 0.3) is 0 Å². The van der Waals surface area contributed by atoms with Crippen molar-refractivity contribution >= 4 is 17.3 Å². The number of piperazine rings is 1. The second kappa shape index (κ2) is 5.72. The van der Waals surface area contributed by atoms with Crippen LogP contribution in [0.2, 0.25) is 5.02 Å². The van der Waals surface area contributed by atoms with Crippen LogP contribution >= 0.6 is 11.6 Å². The van der Waals surface area contributed by atoms with E-state index in [4.69, 9.17) is 11.6 Å². The van der Waals surface area contributed by atoms with Gasteiger partial charge in [0.2, 0.25) is 0 Å². The molecule has 1 atom stereocenters. The van der Waals surface area contributed by atoms with E-state index in [0.29, 0.717) is 6.04 Å². The van der Waals surface area contributed by atoms with Crippen LogP contribution in [0.25, 0.3) is 0 Å². The number of nitrogens with zero attached hydrogens (tertiary/aromatic N) is 1. The molecule has 2 nitrogen and oxygen atoms in total. The maximum atomic E-state index is 6.41. The third kappa shape index (κ3) is 2.90. The molecule has 1 aromatic rings. The molecule has 3 heteroatoms. The highest BCUT2D eigenvalue weighted by Gasteiger charge is 2.35. The van der Waals surface area contributed by atoms with E-state index >= 15 is 0 Å². The average molecular weight is 281 g/mol. The molecule has 0 spiro atoms. The Labute approximate surface area is 122 Å². The molecule has 1 N–H and O–H groups in total. The van der Waals surface area contributed by atoms with Gasteiger partial charge < -0.3 is 10.2 Å². The third-order valence-electron chi connectivity index (χ3n) is 4.54. The lowest BCUT2D eigenvalue weighted by molar-refractivity contribution is 0.254. The Morgan fingerprint density at radius 3 is 2.68 bits per heavy atom. The summed E-state index contributed by atoms with van der Waals surface area (Å²) in [5.74, 6) is 0. The van der Waals surface area contributed by atoms with Crippen molar-refractivity contribution in [3.8, 4) is 0 Å². The largest absolute Gasteiger partial charge is 0.364 e. The Hall–Kier alpha value is -0.730. The van der Waals surface area contributed by atoms with Crippen molar-refractivity contribution in [2.75, 3.05) is 18.0 Å². The van der Waals surface area contributed by atoms with Crippen LogP contribution in [0.15, 0.2) is 18.2 Å². The smallest absolute Gasteiger partial charge is 0.0639 e. The number of hydrogen-bond donors (Lipinski definition) is 1. The summed E-state index contributed by atoms with van der Waals surface area (Å²) in [6.07, 6.45) is 2.30. The summed E-state index contributed by atoms with van der Waals surface area (Å²) < 4.78 is 0. The van der Waals surface area contributed by atoms with Gasteiger partial charge in [-0.25, -0.2) is 0 Å². The number of benzene rings is 1. The molecule has 0 amide bonds. The van der Waals surface area contributed by atoms with E-state index in [1.807, 2.05) is 6.07 Å². The second-order valence-electron chi connectivity index (χ2n) is 5.80. The zero-order valence-electron chi connectivity index (χ0n) is 12.5. The number of aryl methyl sites for hydroxylation is 1. The predicted molar refractivity (Wildman–Crippen MR) is 84.3 cm³/mol. The van der Waals surface area contributed by atoms with Crippen LogP contribution in [0, 0.1) is 6.92 Å². The highest BCUT2D eigenvalue weighted by Crippen LogP contribution is 2.33. The van der Waals surface area contributed by atoms with E-state index in [9.17, 15) is 0 Å². The number of rotatable bonds is 3. The Kier molecular flexibility index (Phi) is 4.42. The number of nitrogens with one attached hydrogen (secondary N) is 1. The van der Waals surface area contributed by atoms with Crippen molar-refractivity contribution in [2.45, 2.75) is 52.1 Å². The lowest BCUT2D eigenvalue weighted by Crippen LogP contribution is -2.63. The zero-order valence-corrected chi connectivity index (χ0v) is 13.2. The van der Waals surface area contributed by atoms with E-state index in [0.717, 1.165) is 31.0 Å². The number of hydrogen-bond acceptors (Lipinski definition) is 2. The molecule has 2 rings (SSSR count). The van der Waals surface area contributed by atoms with Gasteiger partial charge in [-0.1, -0.05) is 31.5 Å². The minimum Gasteiger partial charge on any atom is -0.364 e.